The molecule has 198 valence electrons. The third-order valence-electron chi connectivity index (χ3n) is 8.09. The highest BCUT2D eigenvalue weighted by molar-refractivity contribution is 7.47. The number of hydrogen-bond donors (Lipinski definition) is 5. The first-order chi connectivity index (χ1) is 17.0. The van der Waals surface area contributed by atoms with E-state index in [4.69, 9.17) is 18.5 Å². The van der Waals surface area contributed by atoms with Gasteiger partial charge in [-0.15, -0.1) is 0 Å². The molecule has 1 unspecified atom stereocenters. The summed E-state index contributed by atoms with van der Waals surface area (Å²) in [4.78, 5) is 64.7. The molecular formula is C19H25N4O12P. The fourth-order valence-electron chi connectivity index (χ4n) is 6.42. The minimum Gasteiger partial charge on any atom is -0.394 e. The summed E-state index contributed by atoms with van der Waals surface area (Å²) in [5, 5.41) is 24.8. The van der Waals surface area contributed by atoms with E-state index in [1.54, 1.807) is 0 Å². The van der Waals surface area contributed by atoms with Crippen LogP contribution in [0.4, 0.5) is 9.59 Å². The molecule has 6 fully saturated rings. The molecule has 6 amide bonds. The first kappa shape index (κ1) is 24.2. The van der Waals surface area contributed by atoms with Crippen molar-refractivity contribution >= 4 is 31.7 Å². The Balaban J connectivity index is 1.46. The van der Waals surface area contributed by atoms with Crippen molar-refractivity contribution in [3.05, 3.63) is 0 Å². The van der Waals surface area contributed by atoms with E-state index in [1.165, 1.54) is 16.7 Å². The van der Waals surface area contributed by atoms with Gasteiger partial charge in [0, 0.05) is 12.8 Å². The Kier molecular flexibility index (Phi) is 5.32. The molecule has 0 aromatic heterocycles. The highest BCUT2D eigenvalue weighted by Gasteiger charge is 2.76. The van der Waals surface area contributed by atoms with E-state index in [0.717, 1.165) is 0 Å². The highest BCUT2D eigenvalue weighted by Crippen LogP contribution is 2.57. The second-order valence-corrected chi connectivity index (χ2v) is 11.4. The number of phosphoric acid groups is 1. The lowest BCUT2D eigenvalue weighted by Crippen LogP contribution is -2.88. The van der Waals surface area contributed by atoms with Crippen molar-refractivity contribution in [1.29, 1.82) is 0 Å². The first-order valence-electron chi connectivity index (χ1n) is 11.5. The molecule has 6 aliphatic rings. The summed E-state index contributed by atoms with van der Waals surface area (Å²) in [6.45, 7) is 0.336. The number of amides is 6. The Morgan fingerprint density at radius 1 is 1.06 bits per heavy atom. The lowest BCUT2D eigenvalue weighted by molar-refractivity contribution is -0.213. The van der Waals surface area contributed by atoms with E-state index in [-0.39, 0.29) is 12.8 Å². The molecule has 5 aliphatic heterocycles. The second-order valence-electron chi connectivity index (χ2n) is 9.95. The van der Waals surface area contributed by atoms with Crippen LogP contribution in [0.3, 0.4) is 0 Å². The van der Waals surface area contributed by atoms with Gasteiger partial charge < -0.3 is 24.6 Å². The molecule has 6 rings (SSSR count). The SMILES string of the molecule is C[C@]12C(=O)NC(=O)N3[C@H]4C[C@H](O)[C@@H](COP(=O)(O)O[C@H]5C[C@@H](O[C@@H]5CO)N5C(=O)NC(=O)[C@H]1[C@@H]5[C@@H]32)O4. The molecule has 5 saturated heterocycles. The highest BCUT2D eigenvalue weighted by atomic mass is 31.2. The maximum Gasteiger partial charge on any atom is 0.472 e. The number of ether oxygens (including phenoxy) is 2. The van der Waals surface area contributed by atoms with Gasteiger partial charge in [0.15, 0.2) is 0 Å². The van der Waals surface area contributed by atoms with Crippen LogP contribution in [0.2, 0.25) is 0 Å². The number of fused-ring (bicyclic) bond motifs is 7. The fraction of sp³-hybridized carbons (Fsp3) is 0.789. The molecular weight excluding hydrogens is 507 g/mol. The summed E-state index contributed by atoms with van der Waals surface area (Å²) in [5.74, 6) is -2.45. The number of carbonyl (C=O) groups excluding carboxylic acids is 4. The minimum absolute atomic E-state index is 0.120. The van der Waals surface area contributed by atoms with Gasteiger partial charge in [-0.3, -0.25) is 39.1 Å². The zero-order chi connectivity index (χ0) is 25.7. The van der Waals surface area contributed by atoms with Crippen molar-refractivity contribution in [3.63, 3.8) is 0 Å². The van der Waals surface area contributed by atoms with Crippen LogP contribution in [0.25, 0.3) is 0 Å². The van der Waals surface area contributed by atoms with Gasteiger partial charge in [0.05, 0.1) is 42.7 Å². The number of phosphoric ester groups is 1. The molecule has 0 radical (unpaired) electrons. The van der Waals surface area contributed by atoms with Crippen LogP contribution in [-0.2, 0) is 32.7 Å². The van der Waals surface area contributed by atoms with Crippen molar-refractivity contribution in [2.75, 3.05) is 13.2 Å². The summed E-state index contributed by atoms with van der Waals surface area (Å²) in [6, 6.07) is -3.72. The molecule has 4 bridgehead atoms. The van der Waals surface area contributed by atoms with Gasteiger partial charge in [0.1, 0.15) is 30.8 Å². The number of aliphatic hydroxyl groups excluding tert-OH is 2. The smallest absolute Gasteiger partial charge is 0.394 e. The Morgan fingerprint density at radius 3 is 2.47 bits per heavy atom. The average molecular weight is 532 g/mol. The van der Waals surface area contributed by atoms with Crippen molar-refractivity contribution in [2.24, 2.45) is 11.3 Å². The lowest BCUT2D eigenvalue weighted by Gasteiger charge is -2.67. The number of imide groups is 2. The average Bonchev–Trinajstić information content (AvgIpc) is 3.35. The zero-order valence-corrected chi connectivity index (χ0v) is 19.8. The molecule has 16 nitrogen and oxygen atoms in total. The van der Waals surface area contributed by atoms with Crippen LogP contribution in [0.5, 0.6) is 0 Å². The Bertz CT molecular complexity index is 1090. The summed E-state index contributed by atoms with van der Waals surface area (Å²) in [7, 11) is -4.73. The molecule has 5 N–H and O–H groups in total. The van der Waals surface area contributed by atoms with Gasteiger partial charge in [-0.1, -0.05) is 0 Å². The number of nitrogens with zero attached hydrogens (tertiary/aromatic N) is 2. The first-order valence-corrected chi connectivity index (χ1v) is 13.0. The van der Waals surface area contributed by atoms with E-state index in [9.17, 15) is 38.8 Å². The van der Waals surface area contributed by atoms with E-state index in [1.807, 2.05) is 0 Å². The van der Waals surface area contributed by atoms with Crippen LogP contribution in [0.15, 0.2) is 0 Å². The monoisotopic (exact) mass is 532 g/mol. The number of rotatable bonds is 1. The minimum atomic E-state index is -4.73. The molecule has 5 heterocycles. The van der Waals surface area contributed by atoms with E-state index < -0.39 is 105 Å². The van der Waals surface area contributed by atoms with E-state index >= 15 is 0 Å². The largest absolute Gasteiger partial charge is 0.472 e. The van der Waals surface area contributed by atoms with E-state index in [0.29, 0.717) is 0 Å². The Hall–Kier alpha value is -2.17. The molecule has 0 aromatic rings. The van der Waals surface area contributed by atoms with E-state index in [2.05, 4.69) is 10.6 Å². The normalized spacial score (nSPS) is 50.2. The predicted octanol–water partition coefficient (Wildman–Crippen LogP) is -2.44. The molecule has 0 aromatic carbocycles. The third-order valence-corrected chi connectivity index (χ3v) is 9.11. The summed E-state index contributed by atoms with van der Waals surface area (Å²) in [6.07, 6.45) is -7.14. The van der Waals surface area contributed by atoms with Gasteiger partial charge in [-0.2, -0.15) is 0 Å². The summed E-state index contributed by atoms with van der Waals surface area (Å²) in [5.41, 5.74) is -1.44. The van der Waals surface area contributed by atoms with Crippen molar-refractivity contribution in [2.45, 2.75) is 68.7 Å². The van der Waals surface area contributed by atoms with Gasteiger partial charge >= 0.3 is 19.9 Å². The number of carbonyl (C=O) groups is 4. The predicted molar refractivity (Wildman–Crippen MR) is 110 cm³/mol. The number of nitrogens with one attached hydrogen (secondary N) is 2. The molecule has 1 saturated carbocycles. The summed E-state index contributed by atoms with van der Waals surface area (Å²) >= 11 is 0. The van der Waals surface area contributed by atoms with Crippen molar-refractivity contribution < 1.29 is 57.4 Å². The summed E-state index contributed by atoms with van der Waals surface area (Å²) < 4.78 is 34.4. The molecule has 1 aliphatic carbocycles. The van der Waals surface area contributed by atoms with Crippen LogP contribution in [0.1, 0.15) is 19.8 Å². The zero-order valence-electron chi connectivity index (χ0n) is 18.9. The van der Waals surface area contributed by atoms with Crippen LogP contribution in [-0.4, -0.2) is 111 Å². The standard InChI is InChI=1S/C19H25N4O12P/c1-19-12-13-14(19)23(18(29)21-16(19)27)10-2-6(25)9(34-10)5-32-36(30,31)35-7-3-11(33-8(7)4-24)22(13)17(28)20-15(12)26/h6-14,24-25H,2-5H2,1H3,(H,30,31)(H,20,26,28)(H,21,27,29)/t6-,7-,8+,9+,10+,11+,12+,13+,14+,19-/m0/s1. The quantitative estimate of drug-likeness (QED) is 0.223. The topological polar surface area (TPSA) is 213 Å². The molecule has 0 spiro atoms. The second kappa shape index (κ2) is 7.91. The van der Waals surface area contributed by atoms with Crippen molar-refractivity contribution in [1.82, 2.24) is 20.4 Å². The number of aliphatic hydroxyl groups is 2. The molecule has 17 heteroatoms. The van der Waals surface area contributed by atoms with Gasteiger partial charge in [0.25, 0.3) is 0 Å². The van der Waals surface area contributed by atoms with Crippen LogP contribution >= 0.6 is 7.82 Å². The maximum absolute atomic E-state index is 13.1. The number of urea groups is 2. The van der Waals surface area contributed by atoms with Gasteiger partial charge in [-0.05, 0) is 6.92 Å². The third kappa shape index (κ3) is 3.23. The maximum atomic E-state index is 13.1. The number of hydrogen-bond acceptors (Lipinski definition) is 11. The van der Waals surface area contributed by atoms with Gasteiger partial charge in [0.2, 0.25) is 11.8 Å². The van der Waals surface area contributed by atoms with Crippen molar-refractivity contribution in [3.8, 4) is 0 Å². The Labute approximate surface area is 203 Å². The Morgan fingerprint density at radius 2 is 1.75 bits per heavy atom. The van der Waals surface area contributed by atoms with Crippen LogP contribution in [0, 0.1) is 11.3 Å². The molecule has 11 atom stereocenters. The van der Waals surface area contributed by atoms with Crippen LogP contribution < -0.4 is 10.6 Å². The lowest BCUT2D eigenvalue weighted by atomic mass is 9.50. The molecule has 36 heavy (non-hydrogen) atoms. The fourth-order valence-corrected chi connectivity index (χ4v) is 7.38. The van der Waals surface area contributed by atoms with Gasteiger partial charge in [-0.25, -0.2) is 14.2 Å².